The molecule has 146 valence electrons. The maximum atomic E-state index is 13.3. The van der Waals surface area contributed by atoms with Gasteiger partial charge in [0.15, 0.2) is 0 Å². The maximum absolute atomic E-state index is 13.3. The number of rotatable bonds is 5. The second kappa shape index (κ2) is 7.39. The number of aliphatic hydroxyl groups is 1. The Morgan fingerprint density at radius 3 is 2.30 bits per heavy atom. The molecule has 10 heteroatoms. The molecular formula is C17H17F3N2O5. The number of nitrogens with one attached hydrogen (secondary N) is 1. The second-order valence-electron chi connectivity index (χ2n) is 5.74. The normalized spacial score (nSPS) is 16.6. The molecule has 1 aromatic rings. The van der Waals surface area contributed by atoms with Crippen LogP contribution in [0.2, 0.25) is 0 Å². The molecule has 2 N–H and O–H groups in total. The van der Waals surface area contributed by atoms with Gasteiger partial charge in [-0.15, -0.1) is 0 Å². The predicted molar refractivity (Wildman–Crippen MR) is 87.1 cm³/mol. The molecule has 1 heterocycles. The average Bonchev–Trinajstić information content (AvgIpc) is 2.94. The standard InChI is InChI=1S/C17H17F3N2O5/c1-3-27-15(25)16(26,17(18,19)20)11-4-6-12(7-5-11)21-13-8-14(24)22(9-13)10(2)23/h4-8,21,26H,3,9H2,1-2H3. The van der Waals surface area contributed by atoms with Gasteiger partial charge in [0.25, 0.3) is 11.5 Å². The smallest absolute Gasteiger partial charge is 0.432 e. The minimum absolute atomic E-state index is 0.00519. The summed E-state index contributed by atoms with van der Waals surface area (Å²) in [6, 6.07) is 4.25. The number of carbonyl (C=O) groups excluding carboxylic acids is 3. The molecule has 0 aliphatic carbocycles. The van der Waals surface area contributed by atoms with Crippen LogP contribution in [-0.4, -0.2) is 47.1 Å². The summed E-state index contributed by atoms with van der Waals surface area (Å²) in [5.74, 6) is -2.76. The quantitative estimate of drug-likeness (QED) is 0.748. The minimum atomic E-state index is -5.28. The number of esters is 1. The van der Waals surface area contributed by atoms with Gasteiger partial charge in [-0.3, -0.25) is 14.5 Å². The summed E-state index contributed by atoms with van der Waals surface area (Å²) in [6.45, 7) is 2.23. The van der Waals surface area contributed by atoms with Gasteiger partial charge >= 0.3 is 12.1 Å². The third kappa shape index (κ3) is 3.95. The summed E-state index contributed by atoms with van der Waals surface area (Å²) >= 11 is 0. The molecule has 1 aliphatic heterocycles. The van der Waals surface area contributed by atoms with E-state index in [0.717, 1.165) is 17.0 Å². The van der Waals surface area contributed by atoms with Crippen LogP contribution in [0.5, 0.6) is 0 Å². The number of ether oxygens (including phenoxy) is 1. The Morgan fingerprint density at radius 2 is 1.85 bits per heavy atom. The van der Waals surface area contributed by atoms with E-state index in [1.54, 1.807) is 0 Å². The minimum Gasteiger partial charge on any atom is -0.463 e. The Bertz CT molecular complexity index is 789. The van der Waals surface area contributed by atoms with Gasteiger partial charge in [-0.2, -0.15) is 13.2 Å². The van der Waals surface area contributed by atoms with Crippen LogP contribution in [0.25, 0.3) is 0 Å². The maximum Gasteiger partial charge on any atom is 0.432 e. The van der Waals surface area contributed by atoms with Gasteiger partial charge in [0, 0.05) is 29.9 Å². The van der Waals surface area contributed by atoms with E-state index in [2.05, 4.69) is 10.1 Å². The zero-order valence-corrected chi connectivity index (χ0v) is 14.5. The van der Waals surface area contributed by atoms with E-state index in [1.165, 1.54) is 32.1 Å². The number of anilines is 1. The van der Waals surface area contributed by atoms with E-state index < -0.39 is 35.1 Å². The van der Waals surface area contributed by atoms with Crippen LogP contribution in [0.1, 0.15) is 19.4 Å². The zero-order chi connectivity index (χ0) is 20.4. The highest BCUT2D eigenvalue weighted by Gasteiger charge is 2.62. The van der Waals surface area contributed by atoms with Crippen molar-refractivity contribution in [1.82, 2.24) is 4.90 Å². The lowest BCUT2D eigenvalue weighted by Gasteiger charge is -2.28. The van der Waals surface area contributed by atoms with Gasteiger partial charge in [0.1, 0.15) is 0 Å². The Labute approximate surface area is 152 Å². The van der Waals surface area contributed by atoms with Gasteiger partial charge in [-0.05, 0) is 19.1 Å². The van der Waals surface area contributed by atoms with E-state index in [0.29, 0.717) is 11.4 Å². The highest BCUT2D eigenvalue weighted by atomic mass is 19.4. The lowest BCUT2D eigenvalue weighted by molar-refractivity contribution is -0.267. The third-order valence-corrected chi connectivity index (χ3v) is 3.86. The number of benzene rings is 1. The number of nitrogens with zero attached hydrogens (tertiary/aromatic N) is 1. The molecule has 1 aliphatic rings. The Hall–Kier alpha value is -2.88. The van der Waals surface area contributed by atoms with E-state index in [-0.39, 0.29) is 13.2 Å². The molecule has 1 aromatic carbocycles. The monoisotopic (exact) mass is 386 g/mol. The molecule has 1 unspecified atom stereocenters. The van der Waals surface area contributed by atoms with Crippen molar-refractivity contribution >= 4 is 23.5 Å². The van der Waals surface area contributed by atoms with Crippen molar-refractivity contribution in [2.45, 2.75) is 25.6 Å². The van der Waals surface area contributed by atoms with Crippen LogP contribution in [0.4, 0.5) is 18.9 Å². The molecule has 0 saturated carbocycles. The van der Waals surface area contributed by atoms with Gasteiger partial charge in [-0.1, -0.05) is 12.1 Å². The topological polar surface area (TPSA) is 95.9 Å². The summed E-state index contributed by atoms with van der Waals surface area (Å²) < 4.78 is 44.3. The van der Waals surface area contributed by atoms with Crippen molar-refractivity contribution in [3.63, 3.8) is 0 Å². The molecule has 0 saturated heterocycles. The van der Waals surface area contributed by atoms with Gasteiger partial charge in [0.05, 0.1) is 13.2 Å². The molecule has 2 rings (SSSR count). The van der Waals surface area contributed by atoms with E-state index >= 15 is 0 Å². The third-order valence-electron chi connectivity index (χ3n) is 3.86. The lowest BCUT2D eigenvalue weighted by atomic mass is 9.93. The van der Waals surface area contributed by atoms with Crippen molar-refractivity contribution in [2.24, 2.45) is 0 Å². The summed E-state index contributed by atoms with van der Waals surface area (Å²) in [5.41, 5.74) is -3.83. The van der Waals surface area contributed by atoms with Crippen molar-refractivity contribution < 1.29 is 37.4 Å². The zero-order valence-electron chi connectivity index (χ0n) is 14.5. The molecular weight excluding hydrogens is 369 g/mol. The number of alkyl halides is 3. The number of hydrogen-bond acceptors (Lipinski definition) is 6. The summed E-state index contributed by atoms with van der Waals surface area (Å²) in [6.07, 6.45) is -4.09. The number of halogens is 3. The van der Waals surface area contributed by atoms with Crippen molar-refractivity contribution in [2.75, 3.05) is 18.5 Å². The Kier molecular flexibility index (Phi) is 5.59. The van der Waals surface area contributed by atoms with Crippen molar-refractivity contribution in [3.05, 3.63) is 41.6 Å². The fourth-order valence-electron chi connectivity index (χ4n) is 2.48. The van der Waals surface area contributed by atoms with Gasteiger partial charge in [-0.25, -0.2) is 4.79 Å². The second-order valence-corrected chi connectivity index (χ2v) is 5.74. The molecule has 0 spiro atoms. The average molecular weight is 386 g/mol. The van der Waals surface area contributed by atoms with E-state index in [1.807, 2.05) is 0 Å². The lowest BCUT2D eigenvalue weighted by Crippen LogP contribution is -2.50. The van der Waals surface area contributed by atoms with Crippen LogP contribution in [0.3, 0.4) is 0 Å². The molecule has 7 nitrogen and oxygen atoms in total. The van der Waals surface area contributed by atoms with Crippen molar-refractivity contribution in [3.8, 4) is 0 Å². The van der Waals surface area contributed by atoms with E-state index in [9.17, 15) is 32.7 Å². The largest absolute Gasteiger partial charge is 0.463 e. The molecule has 0 bridgehead atoms. The number of carbonyl (C=O) groups is 3. The van der Waals surface area contributed by atoms with Crippen LogP contribution in [0, 0.1) is 0 Å². The molecule has 27 heavy (non-hydrogen) atoms. The highest BCUT2D eigenvalue weighted by molar-refractivity contribution is 6.03. The Balaban J connectivity index is 2.23. The van der Waals surface area contributed by atoms with Crippen LogP contribution < -0.4 is 5.32 Å². The first-order valence-corrected chi connectivity index (χ1v) is 7.87. The fourth-order valence-corrected chi connectivity index (χ4v) is 2.48. The molecule has 2 amide bonds. The van der Waals surface area contributed by atoms with Crippen LogP contribution in [0.15, 0.2) is 36.0 Å². The SMILES string of the molecule is CCOC(=O)C(O)(c1ccc(NC2=CC(=O)N(C(C)=O)C2)cc1)C(F)(F)F. The first kappa shape index (κ1) is 20.4. The highest BCUT2D eigenvalue weighted by Crippen LogP contribution is 2.40. The van der Waals surface area contributed by atoms with Gasteiger partial charge in [0.2, 0.25) is 5.91 Å². The summed E-state index contributed by atoms with van der Waals surface area (Å²) in [5, 5.41) is 12.8. The summed E-state index contributed by atoms with van der Waals surface area (Å²) in [4.78, 5) is 35.6. The van der Waals surface area contributed by atoms with Crippen molar-refractivity contribution in [1.29, 1.82) is 0 Å². The Morgan fingerprint density at radius 1 is 1.26 bits per heavy atom. The summed E-state index contributed by atoms with van der Waals surface area (Å²) in [7, 11) is 0. The fraction of sp³-hybridized carbons (Fsp3) is 0.353. The number of amides is 2. The first-order chi connectivity index (χ1) is 12.5. The molecule has 1 atom stereocenters. The van der Waals surface area contributed by atoms with E-state index in [4.69, 9.17) is 0 Å². The first-order valence-electron chi connectivity index (χ1n) is 7.87. The number of imide groups is 1. The number of hydrogen-bond donors (Lipinski definition) is 2. The van der Waals surface area contributed by atoms with Gasteiger partial charge < -0.3 is 15.2 Å². The molecule has 0 fully saturated rings. The molecule has 0 aromatic heterocycles. The van der Waals surface area contributed by atoms with Crippen LogP contribution in [-0.2, 0) is 24.7 Å². The predicted octanol–water partition coefficient (Wildman–Crippen LogP) is 1.68. The molecule has 0 radical (unpaired) electrons. The van der Waals surface area contributed by atoms with Crippen LogP contribution >= 0.6 is 0 Å².